The lowest BCUT2D eigenvalue weighted by atomic mass is 10.4. The van der Waals surface area contributed by atoms with Crippen molar-refractivity contribution < 1.29 is 17.2 Å². The smallest absolute Gasteiger partial charge is 0.150 e. The van der Waals surface area contributed by atoms with Crippen molar-refractivity contribution in [2.45, 2.75) is 26.2 Å². The van der Waals surface area contributed by atoms with Crippen molar-refractivity contribution >= 4 is 29.8 Å². The topological polar surface area (TPSA) is 71.4 Å². The van der Waals surface area contributed by atoms with Gasteiger partial charge >= 0.3 is 0 Å². The first kappa shape index (κ1) is 14.3. The molecule has 0 aliphatic carbocycles. The Balaban J connectivity index is 0.000000241. The highest BCUT2D eigenvalue weighted by molar-refractivity contribution is 8.29. The fraction of sp³-hybridized carbons (Fsp3) is 1.00. The van der Waals surface area contributed by atoms with Crippen LogP contribution in [0.25, 0.3) is 0 Å². The van der Waals surface area contributed by atoms with Gasteiger partial charge in [0.25, 0.3) is 0 Å². The minimum absolute atomic E-state index is 0.238. The molecule has 1 saturated heterocycles. The average molecular weight is 260 g/mol. The van der Waals surface area contributed by atoms with Gasteiger partial charge in [-0.3, -0.25) is 0 Å². The van der Waals surface area contributed by atoms with Gasteiger partial charge in [-0.15, -0.1) is 0 Å². The molecule has 1 heterocycles. The quantitative estimate of drug-likeness (QED) is 0.795. The standard InChI is InChI=1S/C4H8O2S.C3H8O2S2/c5-7(6)3-1-2-4-7;1-2-3-7(4,5)6/h1-4H2;2-3H2,1H3,(H,4,5,6). The van der Waals surface area contributed by atoms with Crippen LogP contribution in [-0.4, -0.2) is 34.4 Å². The number of rotatable bonds is 2. The van der Waals surface area contributed by atoms with E-state index in [-0.39, 0.29) is 5.75 Å². The van der Waals surface area contributed by atoms with E-state index in [1.54, 1.807) is 0 Å². The van der Waals surface area contributed by atoms with Crippen molar-refractivity contribution in [2.75, 3.05) is 17.3 Å². The van der Waals surface area contributed by atoms with Crippen molar-refractivity contribution in [3.8, 4) is 0 Å². The van der Waals surface area contributed by atoms with Gasteiger partial charge in [0.05, 0.1) is 11.5 Å². The predicted octanol–water partition coefficient (Wildman–Crippen LogP) is 0.811. The maximum absolute atomic E-state index is 10.4. The van der Waals surface area contributed by atoms with Crippen LogP contribution in [0.5, 0.6) is 0 Å². The average Bonchev–Trinajstić information content (AvgIpc) is 2.32. The molecule has 0 saturated carbocycles. The number of sulfone groups is 1. The van der Waals surface area contributed by atoms with E-state index in [1.165, 1.54) is 0 Å². The van der Waals surface area contributed by atoms with E-state index >= 15 is 0 Å². The number of hydrogen-bond donors (Lipinski definition) is 1. The molecule has 0 bridgehead atoms. The Kier molecular flexibility index (Phi) is 6.11. The molecule has 0 radical (unpaired) electrons. The molecular formula is C7H16O4S3. The highest BCUT2D eigenvalue weighted by Gasteiger charge is 2.16. The van der Waals surface area contributed by atoms with E-state index in [9.17, 15) is 12.6 Å². The lowest BCUT2D eigenvalue weighted by Crippen LogP contribution is -1.99. The summed E-state index contributed by atoms with van der Waals surface area (Å²) < 4.78 is 39.4. The molecule has 86 valence electrons. The van der Waals surface area contributed by atoms with E-state index in [4.69, 9.17) is 4.55 Å². The molecule has 4 nitrogen and oxygen atoms in total. The molecule has 1 fully saturated rings. The molecule has 0 aromatic heterocycles. The second kappa shape index (κ2) is 5.99. The van der Waals surface area contributed by atoms with Gasteiger partial charge in [-0.1, -0.05) is 6.92 Å². The Morgan fingerprint density at radius 1 is 1.36 bits per heavy atom. The summed E-state index contributed by atoms with van der Waals surface area (Å²) >= 11 is 4.17. The third kappa shape index (κ3) is 8.86. The van der Waals surface area contributed by atoms with Crippen molar-refractivity contribution in [2.24, 2.45) is 0 Å². The van der Waals surface area contributed by atoms with Gasteiger partial charge in [0, 0.05) is 16.9 Å². The van der Waals surface area contributed by atoms with Crippen LogP contribution in [0.15, 0.2) is 0 Å². The van der Waals surface area contributed by atoms with Crippen LogP contribution >= 0.6 is 0 Å². The molecule has 1 rings (SSSR count). The first-order valence-corrected chi connectivity index (χ1v) is 8.85. The molecule has 1 aliphatic heterocycles. The van der Waals surface area contributed by atoms with Crippen molar-refractivity contribution in [1.29, 1.82) is 0 Å². The summed E-state index contributed by atoms with van der Waals surface area (Å²) in [4.78, 5) is 0. The van der Waals surface area contributed by atoms with E-state index in [0.29, 0.717) is 17.9 Å². The molecule has 1 atom stereocenters. The third-order valence-corrected chi connectivity index (χ3v) is 4.87. The minimum Gasteiger partial charge on any atom is -0.306 e. The lowest BCUT2D eigenvalue weighted by Gasteiger charge is -1.89. The first-order chi connectivity index (χ1) is 6.27. The van der Waals surface area contributed by atoms with Gasteiger partial charge in [0.1, 0.15) is 18.6 Å². The Bertz CT molecular complexity index is 329. The zero-order valence-electron chi connectivity index (χ0n) is 8.14. The molecule has 1 unspecified atom stereocenters. The normalized spacial score (nSPS) is 23.3. The Labute approximate surface area is 90.5 Å². The van der Waals surface area contributed by atoms with Crippen molar-refractivity contribution in [1.82, 2.24) is 0 Å². The summed E-state index contributed by atoms with van der Waals surface area (Å²) in [6, 6.07) is 0. The molecule has 0 amide bonds. The van der Waals surface area contributed by atoms with Gasteiger partial charge in [-0.05, 0) is 19.3 Å². The van der Waals surface area contributed by atoms with Gasteiger partial charge in [-0.2, -0.15) is 0 Å². The van der Waals surface area contributed by atoms with Crippen LogP contribution in [0.4, 0.5) is 0 Å². The number of hydrogen-bond acceptors (Lipinski definition) is 4. The van der Waals surface area contributed by atoms with E-state index in [1.807, 2.05) is 6.92 Å². The van der Waals surface area contributed by atoms with Crippen LogP contribution in [0, 0.1) is 0 Å². The third-order valence-electron chi connectivity index (χ3n) is 1.62. The Morgan fingerprint density at radius 3 is 1.86 bits per heavy atom. The van der Waals surface area contributed by atoms with Crippen LogP contribution in [0.3, 0.4) is 0 Å². The Hall–Kier alpha value is 0.280. The van der Waals surface area contributed by atoms with Gasteiger partial charge < -0.3 is 4.55 Å². The summed E-state index contributed by atoms with van der Waals surface area (Å²) in [6.45, 7) is 1.82. The van der Waals surface area contributed by atoms with E-state index in [2.05, 4.69) is 11.2 Å². The monoisotopic (exact) mass is 260 g/mol. The second-order valence-corrected chi connectivity index (χ2v) is 8.58. The fourth-order valence-electron chi connectivity index (χ4n) is 1.00. The van der Waals surface area contributed by atoms with Crippen LogP contribution < -0.4 is 0 Å². The van der Waals surface area contributed by atoms with Crippen molar-refractivity contribution in [3.63, 3.8) is 0 Å². The summed E-state index contributed by atoms with van der Waals surface area (Å²) in [5.41, 5.74) is 0. The maximum Gasteiger partial charge on any atom is 0.150 e. The minimum atomic E-state index is -2.84. The molecule has 14 heavy (non-hydrogen) atoms. The molecule has 7 heteroatoms. The zero-order chi connectivity index (χ0) is 11.2. The largest absolute Gasteiger partial charge is 0.306 e. The fourth-order valence-corrected chi connectivity index (χ4v) is 3.51. The predicted molar refractivity (Wildman–Crippen MR) is 61.2 cm³/mol. The summed E-state index contributed by atoms with van der Waals surface area (Å²) in [5.74, 6) is 1.09. The molecule has 0 spiro atoms. The second-order valence-electron chi connectivity index (χ2n) is 3.14. The maximum atomic E-state index is 10.4. The summed E-state index contributed by atoms with van der Waals surface area (Å²) in [7, 11) is -5.39. The molecule has 0 aromatic rings. The van der Waals surface area contributed by atoms with Crippen molar-refractivity contribution in [3.05, 3.63) is 0 Å². The molecule has 0 aromatic carbocycles. The first-order valence-electron chi connectivity index (χ1n) is 4.42. The molecular weight excluding hydrogens is 244 g/mol. The zero-order valence-corrected chi connectivity index (χ0v) is 10.6. The summed E-state index contributed by atoms with van der Waals surface area (Å²) in [6.07, 6.45) is 2.43. The highest BCUT2D eigenvalue weighted by atomic mass is 32.8. The SMILES string of the molecule is CCCS(=O)(O)=S.O=S1(=O)CCCC1. The van der Waals surface area contributed by atoms with Gasteiger partial charge in [0.2, 0.25) is 0 Å². The Morgan fingerprint density at radius 2 is 1.79 bits per heavy atom. The van der Waals surface area contributed by atoms with Crippen LogP contribution in [0.2, 0.25) is 0 Å². The molecule has 1 N–H and O–H groups in total. The molecule has 1 aliphatic rings. The van der Waals surface area contributed by atoms with Gasteiger partial charge in [0.15, 0.2) is 0 Å². The highest BCUT2D eigenvalue weighted by Crippen LogP contribution is 2.08. The van der Waals surface area contributed by atoms with E-state index < -0.39 is 18.6 Å². The van der Waals surface area contributed by atoms with Crippen LogP contribution in [0.1, 0.15) is 26.2 Å². The summed E-state index contributed by atoms with van der Waals surface area (Å²) in [5, 5.41) is 0. The van der Waals surface area contributed by atoms with Gasteiger partial charge in [-0.25, -0.2) is 12.6 Å². The van der Waals surface area contributed by atoms with E-state index in [0.717, 1.165) is 12.8 Å². The van der Waals surface area contributed by atoms with Crippen LogP contribution in [-0.2, 0) is 29.8 Å². The lowest BCUT2D eigenvalue weighted by molar-refractivity contribution is 0.560.